The Kier molecular flexibility index (Phi) is 3.54. The number of anilines is 1. The number of aromatic nitrogens is 2. The second kappa shape index (κ2) is 5.23. The minimum absolute atomic E-state index is 0.331. The van der Waals surface area contributed by atoms with Crippen LogP contribution in [0.2, 0.25) is 0 Å². The summed E-state index contributed by atoms with van der Waals surface area (Å²) in [6, 6.07) is 4.31. The van der Waals surface area contributed by atoms with Crippen molar-refractivity contribution in [2.75, 3.05) is 5.73 Å². The number of nitrogens with two attached hydrogens (primary N) is 1. The highest BCUT2D eigenvalue weighted by molar-refractivity contribution is 9.10. The number of nitrogen functional groups attached to an aromatic ring is 1. The Balaban J connectivity index is 2.08. The molecule has 0 fully saturated rings. The third-order valence-electron chi connectivity index (χ3n) is 3.22. The summed E-state index contributed by atoms with van der Waals surface area (Å²) >= 11 is 4.79. The largest absolute Gasteiger partial charge is 0.390 e. The lowest BCUT2D eigenvalue weighted by Crippen LogP contribution is -1.87. The lowest BCUT2D eigenvalue weighted by atomic mass is 10.1. The molecular weight excluding hydrogens is 357 g/mol. The summed E-state index contributed by atoms with van der Waals surface area (Å²) in [5, 5.41) is 4.61. The number of nitrogens with zero attached hydrogens (tertiary/aromatic N) is 2. The molecule has 2 N–H and O–H groups in total. The van der Waals surface area contributed by atoms with Gasteiger partial charge in [-0.05, 0) is 53.5 Å². The van der Waals surface area contributed by atoms with E-state index in [0.29, 0.717) is 26.8 Å². The van der Waals surface area contributed by atoms with Gasteiger partial charge in [0.1, 0.15) is 5.82 Å². The van der Waals surface area contributed by atoms with Gasteiger partial charge in [0.2, 0.25) is 5.82 Å². The van der Waals surface area contributed by atoms with Gasteiger partial charge in [0.05, 0.1) is 10.6 Å². The second-order valence-electron chi connectivity index (χ2n) is 4.57. The molecule has 0 bridgehead atoms. The van der Waals surface area contributed by atoms with Gasteiger partial charge in [-0.25, -0.2) is 4.39 Å². The SMILES string of the molecule is Cc1sc(N)c(-c2nc(-c3ccc(F)cc3Br)no2)c1C. The third kappa shape index (κ3) is 2.47. The molecule has 1 aromatic carbocycles. The fourth-order valence-corrected chi connectivity index (χ4v) is 3.48. The standard InChI is InChI=1S/C14H11BrFN3OS/c1-6-7(2)21-12(17)11(6)14-18-13(19-20-14)9-4-3-8(16)5-10(9)15/h3-5H,17H2,1-2H3. The molecule has 0 aliphatic carbocycles. The van der Waals surface area contributed by atoms with E-state index in [-0.39, 0.29) is 5.82 Å². The highest BCUT2D eigenvalue weighted by Crippen LogP contribution is 2.38. The molecule has 2 heterocycles. The van der Waals surface area contributed by atoms with Crippen LogP contribution >= 0.6 is 27.3 Å². The molecule has 0 saturated heterocycles. The van der Waals surface area contributed by atoms with Crippen molar-refractivity contribution in [2.45, 2.75) is 13.8 Å². The van der Waals surface area contributed by atoms with Crippen molar-refractivity contribution in [1.29, 1.82) is 0 Å². The maximum Gasteiger partial charge on any atom is 0.261 e. The van der Waals surface area contributed by atoms with Gasteiger partial charge < -0.3 is 10.3 Å². The number of thiophene rings is 1. The Morgan fingerprint density at radius 3 is 2.71 bits per heavy atom. The van der Waals surface area contributed by atoms with Crippen LogP contribution in [0.1, 0.15) is 10.4 Å². The van der Waals surface area contributed by atoms with Crippen molar-refractivity contribution in [3.8, 4) is 22.8 Å². The summed E-state index contributed by atoms with van der Waals surface area (Å²) in [4.78, 5) is 5.49. The van der Waals surface area contributed by atoms with Crippen LogP contribution in [0.15, 0.2) is 27.2 Å². The first-order valence-corrected chi connectivity index (χ1v) is 7.73. The van der Waals surface area contributed by atoms with Gasteiger partial charge in [-0.3, -0.25) is 0 Å². The predicted octanol–water partition coefficient (Wildman–Crippen LogP) is 4.57. The Morgan fingerprint density at radius 2 is 2.10 bits per heavy atom. The summed E-state index contributed by atoms with van der Waals surface area (Å²) in [5.74, 6) is 0.433. The lowest BCUT2D eigenvalue weighted by Gasteiger charge is -1.98. The van der Waals surface area contributed by atoms with E-state index >= 15 is 0 Å². The predicted molar refractivity (Wildman–Crippen MR) is 84.6 cm³/mol. The summed E-state index contributed by atoms with van der Waals surface area (Å²) in [6.07, 6.45) is 0. The fourth-order valence-electron chi connectivity index (χ4n) is 2.02. The average molecular weight is 368 g/mol. The van der Waals surface area contributed by atoms with E-state index in [4.69, 9.17) is 10.3 Å². The molecule has 3 rings (SSSR count). The molecule has 0 aliphatic rings. The highest BCUT2D eigenvalue weighted by Gasteiger charge is 2.19. The average Bonchev–Trinajstić information content (AvgIpc) is 2.96. The molecule has 0 amide bonds. The Morgan fingerprint density at radius 1 is 1.33 bits per heavy atom. The first kappa shape index (κ1) is 14.2. The summed E-state index contributed by atoms with van der Waals surface area (Å²) in [5.41, 5.74) is 8.47. The van der Waals surface area contributed by atoms with Crippen LogP contribution in [0.4, 0.5) is 9.39 Å². The molecule has 0 unspecified atom stereocenters. The van der Waals surface area contributed by atoms with Crippen molar-refractivity contribution in [2.24, 2.45) is 0 Å². The van der Waals surface area contributed by atoms with E-state index in [1.165, 1.54) is 23.5 Å². The Hall–Kier alpha value is -1.73. The first-order valence-electron chi connectivity index (χ1n) is 6.12. The van der Waals surface area contributed by atoms with Gasteiger partial charge in [-0.2, -0.15) is 4.98 Å². The zero-order chi connectivity index (χ0) is 15.1. The molecule has 0 atom stereocenters. The van der Waals surface area contributed by atoms with Crippen molar-refractivity contribution < 1.29 is 8.91 Å². The normalized spacial score (nSPS) is 11.0. The Bertz CT molecular complexity index is 828. The number of rotatable bonds is 2. The van der Waals surface area contributed by atoms with Crippen LogP contribution in [0.5, 0.6) is 0 Å². The van der Waals surface area contributed by atoms with E-state index < -0.39 is 0 Å². The molecule has 0 radical (unpaired) electrons. The van der Waals surface area contributed by atoms with Crippen LogP contribution in [0, 0.1) is 19.7 Å². The van der Waals surface area contributed by atoms with Crippen LogP contribution < -0.4 is 5.73 Å². The maximum absolute atomic E-state index is 13.1. The third-order valence-corrected chi connectivity index (χ3v) is 4.92. The number of aryl methyl sites for hydroxylation is 1. The van der Waals surface area contributed by atoms with Gasteiger partial charge in [-0.15, -0.1) is 11.3 Å². The topological polar surface area (TPSA) is 64.9 Å². The van der Waals surface area contributed by atoms with Crippen molar-refractivity contribution in [3.63, 3.8) is 0 Å². The summed E-state index contributed by atoms with van der Waals surface area (Å²) in [6.45, 7) is 3.96. The molecular formula is C14H11BrFN3OS. The van der Waals surface area contributed by atoms with Gasteiger partial charge >= 0.3 is 0 Å². The van der Waals surface area contributed by atoms with Crippen LogP contribution in [-0.2, 0) is 0 Å². The Labute approximate surface area is 132 Å². The van der Waals surface area contributed by atoms with Crippen LogP contribution in [0.3, 0.4) is 0 Å². The van der Waals surface area contributed by atoms with E-state index in [0.717, 1.165) is 16.0 Å². The lowest BCUT2D eigenvalue weighted by molar-refractivity contribution is 0.432. The molecule has 108 valence electrons. The molecule has 21 heavy (non-hydrogen) atoms. The second-order valence-corrected chi connectivity index (χ2v) is 6.68. The number of halogens is 2. The number of hydrogen-bond donors (Lipinski definition) is 1. The number of hydrogen-bond acceptors (Lipinski definition) is 5. The van der Waals surface area contributed by atoms with E-state index in [1.54, 1.807) is 6.07 Å². The summed E-state index contributed by atoms with van der Waals surface area (Å²) in [7, 11) is 0. The monoisotopic (exact) mass is 367 g/mol. The highest BCUT2D eigenvalue weighted by atomic mass is 79.9. The molecule has 0 saturated carbocycles. The van der Waals surface area contributed by atoms with Gasteiger partial charge in [-0.1, -0.05) is 5.16 Å². The molecule has 0 aliphatic heterocycles. The quantitative estimate of drug-likeness (QED) is 0.720. The molecule has 0 spiro atoms. The molecule has 4 nitrogen and oxygen atoms in total. The van der Waals surface area contributed by atoms with Crippen molar-refractivity contribution >= 4 is 32.3 Å². The molecule has 3 aromatic rings. The first-order chi connectivity index (χ1) is 9.97. The molecule has 2 aromatic heterocycles. The van der Waals surface area contributed by atoms with E-state index in [1.807, 2.05) is 13.8 Å². The zero-order valence-electron chi connectivity index (χ0n) is 11.3. The van der Waals surface area contributed by atoms with Crippen molar-refractivity contribution in [3.05, 3.63) is 38.9 Å². The zero-order valence-corrected chi connectivity index (χ0v) is 13.7. The van der Waals surface area contributed by atoms with E-state index in [9.17, 15) is 4.39 Å². The smallest absolute Gasteiger partial charge is 0.261 e. The van der Waals surface area contributed by atoms with Gasteiger partial charge in [0.25, 0.3) is 5.89 Å². The van der Waals surface area contributed by atoms with E-state index in [2.05, 4.69) is 26.1 Å². The van der Waals surface area contributed by atoms with Crippen molar-refractivity contribution in [1.82, 2.24) is 10.1 Å². The van der Waals surface area contributed by atoms with Crippen LogP contribution in [0.25, 0.3) is 22.8 Å². The van der Waals surface area contributed by atoms with Crippen LogP contribution in [-0.4, -0.2) is 10.1 Å². The van der Waals surface area contributed by atoms with Gasteiger partial charge in [0.15, 0.2) is 0 Å². The van der Waals surface area contributed by atoms with Gasteiger partial charge in [0, 0.05) is 14.9 Å². The number of benzene rings is 1. The minimum Gasteiger partial charge on any atom is -0.390 e. The molecule has 7 heteroatoms. The summed E-state index contributed by atoms with van der Waals surface area (Å²) < 4.78 is 19.0. The maximum atomic E-state index is 13.1. The fraction of sp³-hybridized carbons (Fsp3) is 0.143. The minimum atomic E-state index is -0.331.